The van der Waals surface area contributed by atoms with E-state index in [0.29, 0.717) is 44.7 Å². The zero-order valence-corrected chi connectivity index (χ0v) is 15.0. The van der Waals surface area contributed by atoms with Crippen molar-refractivity contribution in [3.63, 3.8) is 0 Å². The number of nitrogens with zero attached hydrogens (tertiary/aromatic N) is 1. The summed E-state index contributed by atoms with van der Waals surface area (Å²) in [4.78, 5) is 14.5. The van der Waals surface area contributed by atoms with E-state index >= 15 is 0 Å². The van der Waals surface area contributed by atoms with E-state index < -0.39 is 5.60 Å². The molecule has 0 aromatic heterocycles. The van der Waals surface area contributed by atoms with Gasteiger partial charge in [0.25, 0.3) is 5.91 Å². The third kappa shape index (κ3) is 3.97. The molecule has 138 valence electrons. The second kappa shape index (κ2) is 7.32. The molecule has 1 N–H and O–H groups in total. The van der Waals surface area contributed by atoms with Crippen LogP contribution in [0.3, 0.4) is 0 Å². The Hall–Kier alpha value is -1.63. The van der Waals surface area contributed by atoms with Crippen molar-refractivity contribution in [1.82, 2.24) is 4.90 Å². The average Bonchev–Trinajstić information content (AvgIpc) is 2.62. The molecule has 6 nitrogen and oxygen atoms in total. The number of ether oxygens (including phenoxy) is 3. The maximum atomic E-state index is 12.7. The van der Waals surface area contributed by atoms with Crippen LogP contribution >= 0.6 is 0 Å². The minimum atomic E-state index is -0.824. The van der Waals surface area contributed by atoms with Gasteiger partial charge >= 0.3 is 0 Å². The lowest BCUT2D eigenvalue weighted by Crippen LogP contribution is -2.56. The van der Waals surface area contributed by atoms with Gasteiger partial charge in [0.15, 0.2) is 0 Å². The molecule has 1 amide bonds. The fourth-order valence-electron chi connectivity index (χ4n) is 3.94. The Morgan fingerprint density at radius 2 is 1.88 bits per heavy atom. The molecule has 2 fully saturated rings. The summed E-state index contributed by atoms with van der Waals surface area (Å²) in [5.41, 5.74) is -0.505. The first-order valence-corrected chi connectivity index (χ1v) is 8.78. The first-order valence-electron chi connectivity index (χ1n) is 8.78. The topological polar surface area (TPSA) is 68.2 Å². The highest BCUT2D eigenvalue weighted by Crippen LogP contribution is 2.40. The number of rotatable bonds is 4. The van der Waals surface area contributed by atoms with Gasteiger partial charge in [-0.05, 0) is 37.1 Å². The first kappa shape index (κ1) is 18.2. The molecule has 2 aliphatic heterocycles. The third-order valence-corrected chi connectivity index (χ3v) is 5.34. The van der Waals surface area contributed by atoms with E-state index in [2.05, 4.69) is 0 Å². The van der Waals surface area contributed by atoms with Gasteiger partial charge in [-0.15, -0.1) is 0 Å². The minimum Gasteiger partial charge on any atom is -0.497 e. The second-order valence-electron chi connectivity index (χ2n) is 7.14. The summed E-state index contributed by atoms with van der Waals surface area (Å²) >= 11 is 0. The molecule has 1 spiro atoms. The number of carbonyl (C=O) groups is 1. The molecular weight excluding hydrogens is 322 g/mol. The van der Waals surface area contributed by atoms with Crippen LogP contribution in [0.25, 0.3) is 0 Å². The van der Waals surface area contributed by atoms with Gasteiger partial charge in [-0.1, -0.05) is 0 Å². The van der Waals surface area contributed by atoms with Crippen LogP contribution in [0.5, 0.6) is 5.75 Å². The molecule has 2 saturated heterocycles. The van der Waals surface area contributed by atoms with E-state index in [1.54, 1.807) is 38.5 Å². The Morgan fingerprint density at radius 1 is 1.20 bits per heavy atom. The van der Waals surface area contributed by atoms with Crippen LogP contribution in [0, 0.1) is 0 Å². The van der Waals surface area contributed by atoms with Crippen molar-refractivity contribution in [2.75, 3.05) is 40.5 Å². The number of benzene rings is 1. The van der Waals surface area contributed by atoms with Crippen molar-refractivity contribution in [3.8, 4) is 5.75 Å². The highest BCUT2D eigenvalue weighted by Gasteiger charge is 2.47. The number of piperidine rings is 1. The van der Waals surface area contributed by atoms with Crippen LogP contribution in [-0.4, -0.2) is 67.6 Å². The van der Waals surface area contributed by atoms with Crippen LogP contribution in [0.2, 0.25) is 0 Å². The van der Waals surface area contributed by atoms with Crippen molar-refractivity contribution < 1.29 is 24.1 Å². The van der Waals surface area contributed by atoms with Gasteiger partial charge in [0.1, 0.15) is 5.75 Å². The maximum Gasteiger partial charge on any atom is 0.253 e. The zero-order chi connectivity index (χ0) is 17.9. The molecule has 2 aliphatic rings. The molecule has 0 bridgehead atoms. The lowest BCUT2D eigenvalue weighted by atomic mass is 9.77. The van der Waals surface area contributed by atoms with E-state index in [9.17, 15) is 9.90 Å². The van der Waals surface area contributed by atoms with Crippen LogP contribution in [-0.2, 0) is 9.47 Å². The zero-order valence-electron chi connectivity index (χ0n) is 15.0. The fourth-order valence-corrected chi connectivity index (χ4v) is 3.94. The molecule has 6 heteroatoms. The Bertz CT molecular complexity index is 590. The van der Waals surface area contributed by atoms with Gasteiger partial charge in [-0.3, -0.25) is 4.79 Å². The minimum absolute atomic E-state index is 0.0282. The average molecular weight is 349 g/mol. The smallest absolute Gasteiger partial charge is 0.253 e. The summed E-state index contributed by atoms with van der Waals surface area (Å²) < 4.78 is 16.3. The molecular formula is C19H27NO5. The molecule has 0 aliphatic carbocycles. The van der Waals surface area contributed by atoms with Crippen molar-refractivity contribution >= 4 is 5.91 Å². The first-order chi connectivity index (χ1) is 12.0. The number of aliphatic hydroxyl groups is 1. The predicted octanol–water partition coefficient (Wildman–Crippen LogP) is 1.86. The normalized spacial score (nSPS) is 25.8. The Labute approximate surface area is 148 Å². The molecule has 25 heavy (non-hydrogen) atoms. The number of carbonyl (C=O) groups excluding carboxylic acids is 1. The largest absolute Gasteiger partial charge is 0.497 e. The molecule has 0 radical (unpaired) electrons. The molecule has 2 heterocycles. The van der Waals surface area contributed by atoms with E-state index in [1.807, 2.05) is 4.90 Å². The lowest BCUT2D eigenvalue weighted by molar-refractivity contribution is -0.189. The summed E-state index contributed by atoms with van der Waals surface area (Å²) in [5, 5.41) is 10.7. The summed E-state index contributed by atoms with van der Waals surface area (Å²) in [7, 11) is 3.21. The highest BCUT2D eigenvalue weighted by molar-refractivity contribution is 5.94. The number of hydrogen-bond donors (Lipinski definition) is 1. The number of hydrogen-bond acceptors (Lipinski definition) is 5. The van der Waals surface area contributed by atoms with E-state index in [1.165, 1.54) is 0 Å². The van der Waals surface area contributed by atoms with Crippen LogP contribution in [0.4, 0.5) is 0 Å². The molecule has 1 unspecified atom stereocenters. The Balaban J connectivity index is 1.61. The summed E-state index contributed by atoms with van der Waals surface area (Å²) in [6.07, 6.45) is 2.64. The predicted molar refractivity (Wildman–Crippen MR) is 92.9 cm³/mol. The van der Waals surface area contributed by atoms with E-state index in [4.69, 9.17) is 14.2 Å². The molecule has 3 rings (SSSR count). The van der Waals surface area contributed by atoms with Crippen LogP contribution in [0.15, 0.2) is 24.3 Å². The fraction of sp³-hybridized carbons (Fsp3) is 0.632. The summed E-state index contributed by atoms with van der Waals surface area (Å²) in [6, 6.07) is 7.18. The number of methoxy groups -OCH3 is 2. The van der Waals surface area contributed by atoms with Gasteiger partial charge in [0.2, 0.25) is 0 Å². The molecule has 0 saturated carbocycles. The molecule has 1 atom stereocenters. The second-order valence-corrected chi connectivity index (χ2v) is 7.14. The quantitative estimate of drug-likeness (QED) is 0.899. The highest BCUT2D eigenvalue weighted by atomic mass is 16.5. The van der Waals surface area contributed by atoms with Gasteiger partial charge in [-0.2, -0.15) is 0 Å². The number of amides is 1. The molecule has 1 aromatic rings. The van der Waals surface area contributed by atoms with Gasteiger partial charge < -0.3 is 24.2 Å². The number of likely N-dealkylation sites (tertiary alicyclic amines) is 1. The van der Waals surface area contributed by atoms with Gasteiger partial charge in [0.05, 0.1) is 31.5 Å². The Kier molecular flexibility index (Phi) is 5.32. The SMILES string of the molecule is COCC1(O)CCOC2(CCN(C(=O)c3ccc(OC)cc3)CC2)C1. The van der Waals surface area contributed by atoms with Crippen LogP contribution in [0.1, 0.15) is 36.0 Å². The Morgan fingerprint density at radius 3 is 2.48 bits per heavy atom. The lowest BCUT2D eigenvalue weighted by Gasteiger charge is -2.49. The maximum absolute atomic E-state index is 12.7. The van der Waals surface area contributed by atoms with E-state index in [-0.39, 0.29) is 11.5 Å². The summed E-state index contributed by atoms with van der Waals surface area (Å²) in [5.74, 6) is 0.766. The van der Waals surface area contributed by atoms with Crippen molar-refractivity contribution in [2.45, 2.75) is 36.9 Å². The van der Waals surface area contributed by atoms with Crippen molar-refractivity contribution in [3.05, 3.63) is 29.8 Å². The van der Waals surface area contributed by atoms with Gasteiger partial charge in [-0.25, -0.2) is 0 Å². The monoisotopic (exact) mass is 349 g/mol. The van der Waals surface area contributed by atoms with E-state index in [0.717, 1.165) is 18.6 Å². The van der Waals surface area contributed by atoms with Crippen LogP contribution < -0.4 is 4.74 Å². The third-order valence-electron chi connectivity index (χ3n) is 5.34. The summed E-state index contributed by atoms with van der Waals surface area (Å²) in [6.45, 7) is 2.13. The molecule has 1 aromatic carbocycles. The van der Waals surface area contributed by atoms with Crippen molar-refractivity contribution in [2.24, 2.45) is 0 Å². The van der Waals surface area contributed by atoms with Gasteiger partial charge in [0, 0.05) is 38.6 Å². The van der Waals surface area contributed by atoms with Crippen molar-refractivity contribution in [1.29, 1.82) is 0 Å². The standard InChI is InChI=1S/C19H27NO5/c1-23-14-18(22)9-12-25-19(13-18)7-10-20(11-8-19)17(21)15-3-5-16(24-2)6-4-15/h3-6,22H,7-14H2,1-2H3.